The minimum absolute atomic E-state index is 0.186. The van der Waals surface area contributed by atoms with Crippen LogP contribution in [0, 0.1) is 11.7 Å². The van der Waals surface area contributed by atoms with Crippen LogP contribution in [0.4, 0.5) is 4.39 Å². The van der Waals surface area contributed by atoms with Crippen molar-refractivity contribution in [2.75, 3.05) is 6.61 Å². The summed E-state index contributed by atoms with van der Waals surface area (Å²) < 4.78 is 18.7. The average molecular weight is 248 g/mol. The van der Waals surface area contributed by atoms with E-state index < -0.39 is 0 Å². The van der Waals surface area contributed by atoms with Crippen LogP contribution in [0.25, 0.3) is 5.57 Å². The molecule has 1 aromatic carbocycles. The second-order valence-electron chi connectivity index (χ2n) is 4.44. The predicted octanol–water partition coefficient (Wildman–Crippen LogP) is 3.35. The van der Waals surface area contributed by atoms with Gasteiger partial charge in [-0.3, -0.25) is 4.79 Å². The fourth-order valence-corrected chi connectivity index (χ4v) is 2.37. The van der Waals surface area contributed by atoms with Gasteiger partial charge in [0.1, 0.15) is 5.82 Å². The lowest BCUT2D eigenvalue weighted by Crippen LogP contribution is -2.18. The Morgan fingerprint density at radius 1 is 1.50 bits per heavy atom. The van der Waals surface area contributed by atoms with Gasteiger partial charge in [0.05, 0.1) is 12.5 Å². The van der Waals surface area contributed by atoms with Crippen molar-refractivity contribution in [1.82, 2.24) is 0 Å². The number of hydrogen-bond donors (Lipinski definition) is 0. The van der Waals surface area contributed by atoms with Crippen molar-refractivity contribution in [3.05, 3.63) is 41.2 Å². The number of carbonyl (C=O) groups excluding carboxylic acids is 1. The molecule has 3 heteroatoms. The molecule has 0 radical (unpaired) electrons. The van der Waals surface area contributed by atoms with Crippen molar-refractivity contribution >= 4 is 11.5 Å². The number of fused-ring (bicyclic) bond motifs is 1. The average Bonchev–Trinajstić information content (AvgIpc) is 2.38. The molecular formula is C15H17FO2. The number of esters is 1. The molecule has 0 N–H and O–H groups in total. The minimum atomic E-state index is -0.342. The molecule has 0 heterocycles. The van der Waals surface area contributed by atoms with Gasteiger partial charge in [0.15, 0.2) is 0 Å². The van der Waals surface area contributed by atoms with Crippen LogP contribution in [0.1, 0.15) is 31.4 Å². The predicted molar refractivity (Wildman–Crippen MR) is 68.5 cm³/mol. The summed E-state index contributed by atoms with van der Waals surface area (Å²) in [5, 5.41) is 0. The van der Waals surface area contributed by atoms with Gasteiger partial charge in [-0.2, -0.15) is 0 Å². The molecule has 1 unspecified atom stereocenters. The number of benzene rings is 1. The first-order valence-electron chi connectivity index (χ1n) is 6.29. The summed E-state index contributed by atoms with van der Waals surface area (Å²) in [4.78, 5) is 11.8. The van der Waals surface area contributed by atoms with Crippen LogP contribution in [0.5, 0.6) is 0 Å². The molecule has 0 aliphatic heterocycles. The number of rotatable bonds is 3. The number of ether oxygens (including phenoxy) is 1. The summed E-state index contributed by atoms with van der Waals surface area (Å²) in [6.45, 7) is 3.96. The van der Waals surface area contributed by atoms with E-state index in [4.69, 9.17) is 4.74 Å². The maximum atomic E-state index is 13.7. The van der Waals surface area contributed by atoms with Gasteiger partial charge in [-0.05, 0) is 49.5 Å². The highest BCUT2D eigenvalue weighted by Gasteiger charge is 2.25. The summed E-state index contributed by atoms with van der Waals surface area (Å²) in [6.07, 6.45) is 3.48. The summed E-state index contributed by atoms with van der Waals surface area (Å²) in [7, 11) is 0. The van der Waals surface area contributed by atoms with Crippen LogP contribution < -0.4 is 0 Å². The van der Waals surface area contributed by atoms with Gasteiger partial charge in [0.2, 0.25) is 0 Å². The van der Waals surface area contributed by atoms with Gasteiger partial charge < -0.3 is 4.74 Å². The molecule has 0 amide bonds. The molecule has 1 aromatic rings. The van der Waals surface area contributed by atoms with Gasteiger partial charge >= 0.3 is 5.97 Å². The SMILES string of the molecule is CCOC(=O)C(C)C1=CCCc2c(F)cccc21. The van der Waals surface area contributed by atoms with E-state index in [-0.39, 0.29) is 17.7 Å². The Labute approximate surface area is 106 Å². The Kier molecular flexibility index (Phi) is 3.80. The van der Waals surface area contributed by atoms with Crippen molar-refractivity contribution in [2.45, 2.75) is 26.7 Å². The molecule has 0 bridgehead atoms. The Hall–Kier alpha value is -1.64. The molecule has 2 nitrogen and oxygen atoms in total. The summed E-state index contributed by atoms with van der Waals surface area (Å²) in [6, 6.07) is 5.03. The molecule has 0 saturated carbocycles. The maximum absolute atomic E-state index is 13.7. The fourth-order valence-electron chi connectivity index (χ4n) is 2.37. The first-order chi connectivity index (χ1) is 8.65. The third-order valence-corrected chi connectivity index (χ3v) is 3.30. The Balaban J connectivity index is 2.34. The molecule has 2 rings (SSSR count). The molecule has 1 aliphatic carbocycles. The Morgan fingerprint density at radius 2 is 2.28 bits per heavy atom. The van der Waals surface area contributed by atoms with Crippen LogP contribution in [0.2, 0.25) is 0 Å². The Morgan fingerprint density at radius 3 is 3.00 bits per heavy atom. The zero-order valence-corrected chi connectivity index (χ0v) is 10.7. The zero-order chi connectivity index (χ0) is 13.1. The smallest absolute Gasteiger partial charge is 0.313 e. The summed E-state index contributed by atoms with van der Waals surface area (Å²) in [5.41, 5.74) is 2.45. The second-order valence-corrected chi connectivity index (χ2v) is 4.44. The van der Waals surface area contributed by atoms with Gasteiger partial charge in [-0.1, -0.05) is 18.2 Å². The summed E-state index contributed by atoms with van der Waals surface area (Å²) in [5.74, 6) is -0.777. The zero-order valence-electron chi connectivity index (χ0n) is 10.7. The van der Waals surface area contributed by atoms with Crippen LogP contribution in [-0.2, 0) is 16.0 Å². The van der Waals surface area contributed by atoms with Crippen molar-refractivity contribution in [1.29, 1.82) is 0 Å². The monoisotopic (exact) mass is 248 g/mol. The number of hydrogen-bond acceptors (Lipinski definition) is 2. The molecule has 1 atom stereocenters. The lowest BCUT2D eigenvalue weighted by Gasteiger charge is -2.22. The van der Waals surface area contributed by atoms with E-state index in [1.165, 1.54) is 6.07 Å². The lowest BCUT2D eigenvalue weighted by atomic mass is 9.84. The number of halogens is 1. The highest BCUT2D eigenvalue weighted by Crippen LogP contribution is 2.33. The van der Waals surface area contributed by atoms with E-state index in [9.17, 15) is 9.18 Å². The highest BCUT2D eigenvalue weighted by molar-refractivity contribution is 5.89. The van der Waals surface area contributed by atoms with E-state index in [1.54, 1.807) is 13.0 Å². The Bertz CT molecular complexity index is 491. The number of allylic oxidation sites excluding steroid dienone is 1. The lowest BCUT2D eigenvalue weighted by molar-refractivity contribution is -0.145. The standard InChI is InChI=1S/C15H17FO2/c1-3-18-15(17)10(2)11-6-4-8-13-12(11)7-5-9-14(13)16/h5-7,9-10H,3-4,8H2,1-2H3. The third kappa shape index (κ3) is 2.30. The van der Waals surface area contributed by atoms with Gasteiger partial charge in [0.25, 0.3) is 0 Å². The van der Waals surface area contributed by atoms with Crippen molar-refractivity contribution < 1.29 is 13.9 Å². The molecule has 0 spiro atoms. The van der Waals surface area contributed by atoms with Gasteiger partial charge in [-0.25, -0.2) is 4.39 Å². The van der Waals surface area contributed by atoms with E-state index in [0.717, 1.165) is 17.6 Å². The first kappa shape index (κ1) is 12.8. The molecular weight excluding hydrogens is 231 g/mol. The fraction of sp³-hybridized carbons (Fsp3) is 0.400. The second kappa shape index (κ2) is 5.34. The third-order valence-electron chi connectivity index (χ3n) is 3.30. The van der Waals surface area contributed by atoms with Gasteiger partial charge in [0, 0.05) is 0 Å². The topological polar surface area (TPSA) is 26.3 Å². The van der Waals surface area contributed by atoms with Crippen LogP contribution in [0.3, 0.4) is 0 Å². The normalized spacial score (nSPS) is 15.6. The van der Waals surface area contributed by atoms with Crippen LogP contribution in [-0.4, -0.2) is 12.6 Å². The van der Waals surface area contributed by atoms with Crippen LogP contribution in [0.15, 0.2) is 24.3 Å². The highest BCUT2D eigenvalue weighted by atomic mass is 19.1. The molecule has 1 aliphatic rings. The maximum Gasteiger partial charge on any atom is 0.313 e. The van der Waals surface area contributed by atoms with E-state index >= 15 is 0 Å². The molecule has 18 heavy (non-hydrogen) atoms. The van der Waals surface area contributed by atoms with Crippen molar-refractivity contribution in [2.24, 2.45) is 5.92 Å². The molecule has 96 valence electrons. The molecule has 0 saturated heterocycles. The van der Waals surface area contributed by atoms with E-state index in [1.807, 2.05) is 19.1 Å². The molecule has 0 aromatic heterocycles. The van der Waals surface area contributed by atoms with Crippen molar-refractivity contribution in [3.63, 3.8) is 0 Å². The van der Waals surface area contributed by atoms with Crippen LogP contribution >= 0.6 is 0 Å². The quantitative estimate of drug-likeness (QED) is 0.767. The molecule has 0 fully saturated rings. The van der Waals surface area contributed by atoms with Gasteiger partial charge in [-0.15, -0.1) is 0 Å². The summed E-state index contributed by atoms with van der Waals surface area (Å²) >= 11 is 0. The van der Waals surface area contributed by atoms with E-state index in [0.29, 0.717) is 18.6 Å². The minimum Gasteiger partial charge on any atom is -0.466 e. The van der Waals surface area contributed by atoms with Crippen molar-refractivity contribution in [3.8, 4) is 0 Å². The van der Waals surface area contributed by atoms with E-state index in [2.05, 4.69) is 0 Å². The number of carbonyl (C=O) groups is 1. The largest absolute Gasteiger partial charge is 0.466 e. The first-order valence-corrected chi connectivity index (χ1v) is 6.29.